The Bertz CT molecular complexity index is 672. The Morgan fingerprint density at radius 3 is 2.18 bits per heavy atom. The van der Waals surface area contributed by atoms with E-state index in [1.165, 1.54) is 5.56 Å². The van der Waals surface area contributed by atoms with Gasteiger partial charge in [-0.05, 0) is 69.5 Å². The van der Waals surface area contributed by atoms with Gasteiger partial charge in [0.1, 0.15) is 5.75 Å². The highest BCUT2D eigenvalue weighted by Crippen LogP contribution is 2.19. The molecule has 0 aliphatic heterocycles. The first-order valence-electron chi connectivity index (χ1n) is 7.48. The van der Waals surface area contributed by atoms with Gasteiger partial charge in [0.05, 0.1) is 0 Å². The van der Waals surface area contributed by atoms with Crippen molar-refractivity contribution in [2.45, 2.75) is 40.7 Å². The number of anilines is 1. The number of carbonyl (C=O) groups is 1. The van der Waals surface area contributed by atoms with Gasteiger partial charge in [-0.1, -0.05) is 23.8 Å². The summed E-state index contributed by atoms with van der Waals surface area (Å²) in [4.78, 5) is 12.3. The molecule has 2 aromatic carbocycles. The second-order valence-electron chi connectivity index (χ2n) is 5.89. The van der Waals surface area contributed by atoms with Crippen molar-refractivity contribution in [2.24, 2.45) is 0 Å². The van der Waals surface area contributed by atoms with Crippen LogP contribution in [0.3, 0.4) is 0 Å². The maximum Gasteiger partial charge on any atom is 0.265 e. The maximum absolute atomic E-state index is 12.3. The average molecular weight is 297 g/mol. The van der Waals surface area contributed by atoms with Crippen LogP contribution in [0.1, 0.15) is 29.2 Å². The molecule has 0 heterocycles. The van der Waals surface area contributed by atoms with Gasteiger partial charge in [-0.15, -0.1) is 0 Å². The summed E-state index contributed by atoms with van der Waals surface area (Å²) in [7, 11) is 0. The van der Waals surface area contributed by atoms with E-state index in [0.717, 1.165) is 28.1 Å². The highest BCUT2D eigenvalue weighted by Gasteiger charge is 2.16. The molecule has 0 aromatic heterocycles. The summed E-state index contributed by atoms with van der Waals surface area (Å²) in [6.07, 6.45) is -0.554. The van der Waals surface area contributed by atoms with Gasteiger partial charge in [0.2, 0.25) is 0 Å². The molecular formula is C19H23NO2. The van der Waals surface area contributed by atoms with E-state index in [1.807, 2.05) is 58.0 Å². The topological polar surface area (TPSA) is 38.3 Å². The van der Waals surface area contributed by atoms with Gasteiger partial charge in [0.25, 0.3) is 5.91 Å². The third-order valence-electron chi connectivity index (χ3n) is 3.52. The average Bonchev–Trinajstić information content (AvgIpc) is 2.40. The van der Waals surface area contributed by atoms with Crippen LogP contribution >= 0.6 is 0 Å². The van der Waals surface area contributed by atoms with Crippen molar-refractivity contribution in [3.8, 4) is 5.75 Å². The molecule has 0 aliphatic rings. The maximum atomic E-state index is 12.3. The molecule has 2 aromatic rings. The lowest BCUT2D eigenvalue weighted by Crippen LogP contribution is -2.30. The summed E-state index contributed by atoms with van der Waals surface area (Å²) in [6.45, 7) is 9.81. The molecule has 2 rings (SSSR count). The monoisotopic (exact) mass is 297 g/mol. The minimum Gasteiger partial charge on any atom is -0.481 e. The Kier molecular flexibility index (Phi) is 4.86. The molecule has 116 valence electrons. The number of aryl methyl sites for hydroxylation is 4. The second kappa shape index (κ2) is 6.65. The summed E-state index contributed by atoms with van der Waals surface area (Å²) in [5.74, 6) is 0.576. The van der Waals surface area contributed by atoms with Crippen LogP contribution in [0.2, 0.25) is 0 Å². The Morgan fingerprint density at radius 1 is 0.955 bits per heavy atom. The van der Waals surface area contributed by atoms with Crippen LogP contribution < -0.4 is 10.1 Å². The SMILES string of the molecule is Cc1cc(C)cc(OC(C)C(=O)Nc2ccc(C)cc2C)c1. The molecule has 1 atom stereocenters. The molecule has 0 radical (unpaired) electrons. The fourth-order valence-electron chi connectivity index (χ4n) is 2.45. The molecule has 0 saturated carbocycles. The zero-order valence-corrected chi connectivity index (χ0v) is 13.9. The summed E-state index contributed by atoms with van der Waals surface area (Å²) in [6, 6.07) is 11.9. The van der Waals surface area contributed by atoms with E-state index in [0.29, 0.717) is 0 Å². The summed E-state index contributed by atoms with van der Waals surface area (Å²) in [5, 5.41) is 2.92. The Morgan fingerprint density at radius 2 is 1.59 bits per heavy atom. The predicted octanol–water partition coefficient (Wildman–Crippen LogP) is 4.33. The Hall–Kier alpha value is -2.29. The standard InChI is InChI=1S/C19H23NO2/c1-12-6-7-18(15(4)9-12)20-19(21)16(5)22-17-10-13(2)8-14(3)11-17/h6-11,16H,1-5H3,(H,20,21). The summed E-state index contributed by atoms with van der Waals surface area (Å²) in [5.41, 5.74) is 5.29. The van der Waals surface area contributed by atoms with E-state index < -0.39 is 6.10 Å². The van der Waals surface area contributed by atoms with Crippen LogP contribution in [-0.2, 0) is 4.79 Å². The highest BCUT2D eigenvalue weighted by atomic mass is 16.5. The van der Waals surface area contributed by atoms with E-state index in [-0.39, 0.29) is 5.91 Å². The Balaban J connectivity index is 2.05. The van der Waals surface area contributed by atoms with E-state index in [1.54, 1.807) is 6.92 Å². The first kappa shape index (κ1) is 16.1. The number of carbonyl (C=O) groups excluding carboxylic acids is 1. The van der Waals surface area contributed by atoms with Crippen LogP contribution in [0.4, 0.5) is 5.69 Å². The van der Waals surface area contributed by atoms with Crippen molar-refractivity contribution in [3.63, 3.8) is 0 Å². The zero-order valence-electron chi connectivity index (χ0n) is 13.9. The lowest BCUT2D eigenvalue weighted by atomic mass is 10.1. The van der Waals surface area contributed by atoms with Gasteiger partial charge in [-0.25, -0.2) is 0 Å². The third-order valence-corrected chi connectivity index (χ3v) is 3.52. The number of benzene rings is 2. The van der Waals surface area contributed by atoms with Crippen LogP contribution in [0, 0.1) is 27.7 Å². The molecule has 1 unspecified atom stereocenters. The van der Waals surface area contributed by atoms with Crippen LogP contribution in [0.5, 0.6) is 5.75 Å². The van der Waals surface area contributed by atoms with Crippen LogP contribution in [0.25, 0.3) is 0 Å². The van der Waals surface area contributed by atoms with Crippen LogP contribution in [-0.4, -0.2) is 12.0 Å². The number of amides is 1. The quantitative estimate of drug-likeness (QED) is 0.912. The third kappa shape index (κ3) is 4.10. The summed E-state index contributed by atoms with van der Waals surface area (Å²) < 4.78 is 5.76. The van der Waals surface area contributed by atoms with Crippen LogP contribution in [0.15, 0.2) is 36.4 Å². The molecule has 0 aliphatic carbocycles. The largest absolute Gasteiger partial charge is 0.481 e. The molecule has 3 heteroatoms. The number of hydrogen-bond donors (Lipinski definition) is 1. The zero-order chi connectivity index (χ0) is 16.3. The lowest BCUT2D eigenvalue weighted by molar-refractivity contribution is -0.122. The molecule has 0 spiro atoms. The first-order chi connectivity index (χ1) is 10.3. The fourth-order valence-corrected chi connectivity index (χ4v) is 2.45. The van der Waals surface area contributed by atoms with Gasteiger partial charge < -0.3 is 10.1 Å². The molecular weight excluding hydrogens is 274 g/mol. The van der Waals surface area contributed by atoms with Gasteiger partial charge in [0, 0.05) is 5.69 Å². The van der Waals surface area contributed by atoms with Crippen molar-refractivity contribution in [3.05, 3.63) is 58.7 Å². The van der Waals surface area contributed by atoms with Crippen molar-refractivity contribution in [1.29, 1.82) is 0 Å². The summed E-state index contributed by atoms with van der Waals surface area (Å²) >= 11 is 0. The smallest absolute Gasteiger partial charge is 0.265 e. The van der Waals surface area contributed by atoms with Crippen molar-refractivity contribution < 1.29 is 9.53 Å². The van der Waals surface area contributed by atoms with E-state index >= 15 is 0 Å². The Labute approximate surface area is 132 Å². The van der Waals surface area contributed by atoms with E-state index in [9.17, 15) is 4.79 Å². The second-order valence-corrected chi connectivity index (χ2v) is 5.89. The van der Waals surface area contributed by atoms with Gasteiger partial charge in [-0.2, -0.15) is 0 Å². The fraction of sp³-hybridized carbons (Fsp3) is 0.316. The number of ether oxygens (including phenoxy) is 1. The minimum absolute atomic E-state index is 0.147. The van der Waals surface area contributed by atoms with Crippen molar-refractivity contribution in [2.75, 3.05) is 5.32 Å². The molecule has 1 N–H and O–H groups in total. The highest BCUT2D eigenvalue weighted by molar-refractivity contribution is 5.94. The molecule has 3 nitrogen and oxygen atoms in total. The number of nitrogens with one attached hydrogen (secondary N) is 1. The normalized spacial score (nSPS) is 11.9. The lowest BCUT2D eigenvalue weighted by Gasteiger charge is -2.16. The van der Waals surface area contributed by atoms with Gasteiger partial charge in [0.15, 0.2) is 6.10 Å². The van der Waals surface area contributed by atoms with E-state index in [2.05, 4.69) is 11.4 Å². The van der Waals surface area contributed by atoms with Crippen molar-refractivity contribution in [1.82, 2.24) is 0 Å². The van der Waals surface area contributed by atoms with Gasteiger partial charge >= 0.3 is 0 Å². The molecule has 0 saturated heterocycles. The molecule has 22 heavy (non-hydrogen) atoms. The van der Waals surface area contributed by atoms with Crippen molar-refractivity contribution >= 4 is 11.6 Å². The van der Waals surface area contributed by atoms with Gasteiger partial charge in [-0.3, -0.25) is 4.79 Å². The number of rotatable bonds is 4. The van der Waals surface area contributed by atoms with E-state index in [4.69, 9.17) is 4.74 Å². The molecule has 1 amide bonds. The molecule has 0 bridgehead atoms. The molecule has 0 fully saturated rings. The first-order valence-corrected chi connectivity index (χ1v) is 7.48. The predicted molar refractivity (Wildman–Crippen MR) is 90.6 cm³/mol. The number of hydrogen-bond acceptors (Lipinski definition) is 2. The minimum atomic E-state index is -0.554.